The number of halogens is 2. The van der Waals surface area contributed by atoms with E-state index in [1.165, 1.54) is 20.2 Å². The van der Waals surface area contributed by atoms with Crippen LogP contribution in [-0.4, -0.2) is 72.1 Å². The number of fused-ring (bicyclic) bond motifs is 1. The number of hydrogen-bond donors (Lipinski definition) is 3. The van der Waals surface area contributed by atoms with Crippen molar-refractivity contribution in [2.45, 2.75) is 98.0 Å². The number of esters is 1. The summed E-state index contributed by atoms with van der Waals surface area (Å²) < 4.78 is 52.5. The second-order valence-corrected chi connectivity index (χ2v) is 16.3. The van der Waals surface area contributed by atoms with Gasteiger partial charge in [0.1, 0.15) is 27.5 Å². The zero-order valence-corrected chi connectivity index (χ0v) is 32.4. The van der Waals surface area contributed by atoms with Gasteiger partial charge in [-0.15, -0.1) is 0 Å². The number of anilines is 3. The molecule has 0 bridgehead atoms. The van der Waals surface area contributed by atoms with Crippen LogP contribution in [0.4, 0.5) is 30.0 Å². The van der Waals surface area contributed by atoms with E-state index in [9.17, 15) is 14.4 Å². The Morgan fingerprint density at radius 2 is 1.79 bits per heavy atom. The van der Waals surface area contributed by atoms with Gasteiger partial charge in [-0.3, -0.25) is 25.2 Å². The van der Waals surface area contributed by atoms with Crippen molar-refractivity contribution in [3.05, 3.63) is 46.9 Å². The number of rotatable bonds is 10. The van der Waals surface area contributed by atoms with Crippen LogP contribution in [0.2, 0.25) is 0 Å². The molecule has 1 fully saturated rings. The van der Waals surface area contributed by atoms with Gasteiger partial charge in [-0.05, 0) is 78.9 Å². The molecule has 0 saturated carbocycles. The first-order chi connectivity index (χ1) is 24.8. The van der Waals surface area contributed by atoms with Gasteiger partial charge < -0.3 is 29.2 Å². The van der Waals surface area contributed by atoms with Gasteiger partial charge in [0.2, 0.25) is 0 Å². The number of pyridine rings is 1. The fraction of sp³-hybridized carbons (Fsp3) is 0.541. The predicted octanol–water partition coefficient (Wildman–Crippen LogP) is 7.22. The molecule has 1 saturated heterocycles. The average molecular weight is 759 g/mol. The molecule has 1 aliphatic carbocycles. The topological polar surface area (TPSA) is 153 Å². The molecule has 2 aliphatic rings. The van der Waals surface area contributed by atoms with Crippen molar-refractivity contribution in [1.82, 2.24) is 15.3 Å². The van der Waals surface area contributed by atoms with Crippen molar-refractivity contribution in [1.29, 1.82) is 0 Å². The van der Waals surface area contributed by atoms with Crippen LogP contribution in [0.5, 0.6) is 5.75 Å². The van der Waals surface area contributed by atoms with E-state index in [0.29, 0.717) is 55.4 Å². The maximum Gasteiger partial charge on any atom is 0.412 e. The van der Waals surface area contributed by atoms with Crippen molar-refractivity contribution >= 4 is 45.7 Å². The number of carbonyl (C=O) groups is 3. The minimum Gasteiger partial charge on any atom is -0.494 e. The molecule has 3 heterocycles. The van der Waals surface area contributed by atoms with Crippen LogP contribution in [0, 0.1) is 17.6 Å². The van der Waals surface area contributed by atoms with Crippen LogP contribution >= 0.6 is 11.3 Å². The van der Waals surface area contributed by atoms with Crippen LogP contribution in [0.25, 0.3) is 10.6 Å². The van der Waals surface area contributed by atoms with Gasteiger partial charge in [-0.1, -0.05) is 18.3 Å². The first-order valence-corrected chi connectivity index (χ1v) is 18.3. The van der Waals surface area contributed by atoms with Gasteiger partial charge in [-0.2, -0.15) is 0 Å². The summed E-state index contributed by atoms with van der Waals surface area (Å²) >= 11 is 0.707. The minimum absolute atomic E-state index is 0.0533. The minimum atomic E-state index is -1.01. The van der Waals surface area contributed by atoms with E-state index in [0.717, 1.165) is 29.8 Å². The molecule has 2 amide bonds. The Bertz CT molecular complexity index is 1860. The number of hydrogen-bond acceptors (Lipinski definition) is 12. The number of amides is 2. The number of methoxy groups -OCH3 is 1. The van der Waals surface area contributed by atoms with E-state index in [4.69, 9.17) is 18.9 Å². The van der Waals surface area contributed by atoms with E-state index in [1.807, 2.05) is 20.8 Å². The Balaban J connectivity index is 1.55. The molecular formula is C37H48F2N6O7S. The van der Waals surface area contributed by atoms with Crippen LogP contribution in [0.3, 0.4) is 0 Å². The van der Waals surface area contributed by atoms with E-state index < -0.39 is 46.9 Å². The molecule has 3 aromatic rings. The first-order valence-electron chi connectivity index (χ1n) is 17.5. The zero-order chi connectivity index (χ0) is 38.8. The number of piperidine rings is 1. The summed E-state index contributed by atoms with van der Waals surface area (Å²) in [7, 11) is 1.24. The summed E-state index contributed by atoms with van der Waals surface area (Å²) in [5.74, 6) is -3.11. The number of carbonyl (C=O) groups excluding carboxylic acids is 3. The third-order valence-corrected chi connectivity index (χ3v) is 9.49. The zero-order valence-electron chi connectivity index (χ0n) is 31.6. The summed E-state index contributed by atoms with van der Waals surface area (Å²) in [6, 6.07) is 2.22. The Labute approximate surface area is 312 Å². The summed E-state index contributed by atoms with van der Waals surface area (Å²) in [5, 5.41) is 8.68. The van der Waals surface area contributed by atoms with E-state index in [2.05, 4.69) is 37.7 Å². The molecule has 1 aliphatic heterocycles. The average Bonchev–Trinajstić information content (AvgIpc) is 3.63. The lowest BCUT2D eigenvalue weighted by molar-refractivity contribution is -0.146. The van der Waals surface area contributed by atoms with Gasteiger partial charge in [0.05, 0.1) is 48.3 Å². The van der Waals surface area contributed by atoms with Crippen molar-refractivity contribution in [2.24, 2.45) is 5.92 Å². The number of ether oxygens (including phenoxy) is 4. The first kappa shape index (κ1) is 39.8. The van der Waals surface area contributed by atoms with Gasteiger partial charge in [-0.25, -0.2) is 18.6 Å². The van der Waals surface area contributed by atoms with Gasteiger partial charge >= 0.3 is 12.1 Å². The quantitative estimate of drug-likeness (QED) is 0.142. The Morgan fingerprint density at radius 1 is 1.06 bits per heavy atom. The van der Waals surface area contributed by atoms with Crippen LogP contribution in [0.1, 0.15) is 96.1 Å². The molecular weight excluding hydrogens is 711 g/mol. The van der Waals surface area contributed by atoms with E-state index in [-0.39, 0.29) is 39.0 Å². The highest BCUT2D eigenvalue weighted by atomic mass is 32.1. The van der Waals surface area contributed by atoms with Gasteiger partial charge in [0, 0.05) is 31.6 Å². The van der Waals surface area contributed by atoms with Crippen LogP contribution in [-0.2, 0) is 25.4 Å². The van der Waals surface area contributed by atoms with Gasteiger partial charge in [0.25, 0.3) is 5.91 Å². The second-order valence-electron chi connectivity index (χ2n) is 15.3. The Hall–Kier alpha value is -4.41. The monoisotopic (exact) mass is 758 g/mol. The molecule has 2 aromatic heterocycles. The molecule has 1 aromatic carbocycles. The van der Waals surface area contributed by atoms with Crippen molar-refractivity contribution in [3.8, 4) is 16.3 Å². The summed E-state index contributed by atoms with van der Waals surface area (Å²) in [6.45, 7) is 16.1. The fourth-order valence-electron chi connectivity index (χ4n) is 6.45. The normalized spacial score (nSPS) is 18.7. The Morgan fingerprint density at radius 3 is 2.45 bits per heavy atom. The fourth-order valence-corrected chi connectivity index (χ4v) is 7.44. The highest BCUT2D eigenvalue weighted by molar-refractivity contribution is 7.19. The maximum absolute atomic E-state index is 15.4. The highest BCUT2D eigenvalue weighted by Crippen LogP contribution is 2.44. The largest absolute Gasteiger partial charge is 0.494 e. The Kier molecular flexibility index (Phi) is 11.9. The SMILES string of the molecule is COc1ccc(F)c(-c2nc(C(=O)Nc3cnc4c(c3N3C[C@H](C)C[C@H](NCOC(C)(C)C)C3)CCC4OC(C)=O)c(NC(=O)OC(C)(C)C)s2)c1F. The molecule has 5 rings (SSSR count). The van der Waals surface area contributed by atoms with Crippen molar-refractivity contribution in [3.63, 3.8) is 0 Å². The summed E-state index contributed by atoms with van der Waals surface area (Å²) in [5.41, 5.74) is 0.498. The summed E-state index contributed by atoms with van der Waals surface area (Å²) in [6.07, 6.45) is 2.04. The lowest BCUT2D eigenvalue weighted by Crippen LogP contribution is -2.50. The van der Waals surface area contributed by atoms with Crippen LogP contribution in [0.15, 0.2) is 18.3 Å². The number of thiazole rings is 1. The van der Waals surface area contributed by atoms with E-state index in [1.54, 1.807) is 20.8 Å². The number of benzene rings is 1. The second kappa shape index (κ2) is 15.9. The molecule has 3 N–H and O–H groups in total. The van der Waals surface area contributed by atoms with Gasteiger partial charge in [0.15, 0.2) is 17.3 Å². The number of aromatic nitrogens is 2. The molecule has 16 heteroatoms. The van der Waals surface area contributed by atoms with E-state index >= 15 is 8.78 Å². The molecule has 288 valence electrons. The molecule has 0 radical (unpaired) electrons. The molecule has 1 unspecified atom stereocenters. The molecule has 53 heavy (non-hydrogen) atoms. The smallest absolute Gasteiger partial charge is 0.412 e. The van der Waals surface area contributed by atoms with Crippen molar-refractivity contribution < 1.29 is 42.1 Å². The standard InChI is InChI=1S/C37H48F2N6O7S/c1-19-14-21(41-18-50-36(3,4)5)17-45(16-19)31-22-10-12-26(51-20(2)46)29(22)40-15-24(31)42-32(47)30-34(44-35(48)52-37(6,7)8)53-33(43-30)27-23(38)11-13-25(49-9)28(27)39/h11,13,15,19,21,26,41H,10,12,14,16-18H2,1-9H3,(H,42,47)(H,44,48)/t19-,21+,26?/m1/s1. The highest BCUT2D eigenvalue weighted by Gasteiger charge is 2.36. The third kappa shape index (κ3) is 9.78. The van der Waals surface area contributed by atoms with Crippen molar-refractivity contribution in [2.75, 3.05) is 42.5 Å². The molecule has 3 atom stereocenters. The maximum atomic E-state index is 15.4. The molecule has 0 spiro atoms. The lowest BCUT2D eigenvalue weighted by atomic mass is 9.94. The van der Waals surface area contributed by atoms with Crippen LogP contribution < -0.4 is 25.6 Å². The lowest BCUT2D eigenvalue weighted by Gasteiger charge is -2.40. The third-order valence-electron chi connectivity index (χ3n) is 8.50. The predicted molar refractivity (Wildman–Crippen MR) is 198 cm³/mol. The number of nitrogens with one attached hydrogen (secondary N) is 3. The summed E-state index contributed by atoms with van der Waals surface area (Å²) in [4.78, 5) is 50.3. The molecule has 13 nitrogen and oxygen atoms in total. The number of nitrogens with zero attached hydrogens (tertiary/aromatic N) is 3.